The first-order valence-corrected chi connectivity index (χ1v) is 6.67. The molecule has 0 aliphatic rings. The molecule has 0 bridgehead atoms. The molecule has 1 amide bonds. The third kappa shape index (κ3) is 2.93. The molecule has 0 radical (unpaired) electrons. The monoisotopic (exact) mass is 256 g/mol. The van der Waals surface area contributed by atoms with E-state index >= 15 is 0 Å². The molecule has 19 heavy (non-hydrogen) atoms. The molecule has 2 aromatic carbocycles. The highest BCUT2D eigenvalue weighted by atomic mass is 16.2. The van der Waals surface area contributed by atoms with Crippen molar-refractivity contribution in [1.82, 2.24) is 0 Å². The van der Waals surface area contributed by atoms with Crippen LogP contribution in [0.15, 0.2) is 42.5 Å². The van der Waals surface area contributed by atoms with E-state index in [4.69, 9.17) is 5.73 Å². The maximum absolute atomic E-state index is 12.1. The zero-order valence-electron chi connectivity index (χ0n) is 11.4. The van der Waals surface area contributed by atoms with E-state index in [1.54, 1.807) is 0 Å². The van der Waals surface area contributed by atoms with Crippen LogP contribution in [0.5, 0.6) is 0 Å². The SMILES string of the molecule is CCC(C)C(N)C(=O)Nc1cccc2ccccc12. The van der Waals surface area contributed by atoms with Crippen LogP contribution in [0.3, 0.4) is 0 Å². The van der Waals surface area contributed by atoms with Crippen molar-refractivity contribution in [3.63, 3.8) is 0 Å². The number of carbonyl (C=O) groups is 1. The number of benzene rings is 2. The number of nitrogens with two attached hydrogens (primary N) is 1. The van der Waals surface area contributed by atoms with Crippen LogP contribution in [0.2, 0.25) is 0 Å². The Balaban J connectivity index is 2.24. The second-order valence-corrected chi connectivity index (χ2v) is 4.93. The van der Waals surface area contributed by atoms with Gasteiger partial charge in [-0.1, -0.05) is 56.7 Å². The Labute approximate surface area is 113 Å². The molecule has 0 saturated heterocycles. The number of anilines is 1. The largest absolute Gasteiger partial charge is 0.324 e. The molecular weight excluding hydrogens is 236 g/mol. The van der Waals surface area contributed by atoms with E-state index in [9.17, 15) is 4.79 Å². The topological polar surface area (TPSA) is 55.1 Å². The van der Waals surface area contributed by atoms with E-state index in [1.807, 2.05) is 56.3 Å². The number of amides is 1. The van der Waals surface area contributed by atoms with Gasteiger partial charge in [0.25, 0.3) is 0 Å². The second kappa shape index (κ2) is 5.85. The van der Waals surface area contributed by atoms with Crippen LogP contribution in [0.4, 0.5) is 5.69 Å². The smallest absolute Gasteiger partial charge is 0.241 e. The Morgan fingerprint density at radius 3 is 2.63 bits per heavy atom. The molecule has 0 aliphatic carbocycles. The van der Waals surface area contributed by atoms with Gasteiger partial charge in [-0.15, -0.1) is 0 Å². The third-order valence-corrected chi connectivity index (χ3v) is 3.61. The molecule has 2 rings (SSSR count). The Morgan fingerprint density at radius 2 is 1.89 bits per heavy atom. The summed E-state index contributed by atoms with van der Waals surface area (Å²) in [4.78, 5) is 12.1. The highest BCUT2D eigenvalue weighted by molar-refractivity contribution is 6.03. The maximum atomic E-state index is 12.1. The van der Waals surface area contributed by atoms with Gasteiger partial charge in [0, 0.05) is 11.1 Å². The van der Waals surface area contributed by atoms with Gasteiger partial charge in [0.2, 0.25) is 5.91 Å². The van der Waals surface area contributed by atoms with Crippen molar-refractivity contribution in [2.75, 3.05) is 5.32 Å². The van der Waals surface area contributed by atoms with Gasteiger partial charge in [-0.25, -0.2) is 0 Å². The summed E-state index contributed by atoms with van der Waals surface area (Å²) in [5.41, 5.74) is 6.77. The van der Waals surface area contributed by atoms with Crippen molar-refractivity contribution >= 4 is 22.4 Å². The van der Waals surface area contributed by atoms with Crippen molar-refractivity contribution in [1.29, 1.82) is 0 Å². The van der Waals surface area contributed by atoms with Crippen LogP contribution in [-0.4, -0.2) is 11.9 Å². The van der Waals surface area contributed by atoms with Gasteiger partial charge in [-0.2, -0.15) is 0 Å². The van der Waals surface area contributed by atoms with Crippen molar-refractivity contribution in [2.45, 2.75) is 26.3 Å². The van der Waals surface area contributed by atoms with Gasteiger partial charge in [0.15, 0.2) is 0 Å². The normalized spacial score (nSPS) is 14.1. The van der Waals surface area contributed by atoms with E-state index in [-0.39, 0.29) is 11.8 Å². The lowest BCUT2D eigenvalue weighted by atomic mass is 9.99. The summed E-state index contributed by atoms with van der Waals surface area (Å²) >= 11 is 0. The van der Waals surface area contributed by atoms with Crippen LogP contribution in [-0.2, 0) is 4.79 Å². The van der Waals surface area contributed by atoms with Gasteiger partial charge < -0.3 is 11.1 Å². The quantitative estimate of drug-likeness (QED) is 0.883. The summed E-state index contributed by atoms with van der Waals surface area (Å²) < 4.78 is 0. The average molecular weight is 256 g/mol. The van der Waals surface area contributed by atoms with Crippen LogP contribution in [0.25, 0.3) is 10.8 Å². The van der Waals surface area contributed by atoms with Gasteiger partial charge in [-0.05, 0) is 17.4 Å². The first-order chi connectivity index (χ1) is 9.13. The molecule has 100 valence electrons. The van der Waals surface area contributed by atoms with E-state index < -0.39 is 6.04 Å². The van der Waals surface area contributed by atoms with E-state index in [1.165, 1.54) is 0 Å². The fourth-order valence-electron chi connectivity index (χ4n) is 2.06. The molecule has 0 aromatic heterocycles. The Hall–Kier alpha value is -1.87. The van der Waals surface area contributed by atoms with Gasteiger partial charge in [-0.3, -0.25) is 4.79 Å². The lowest BCUT2D eigenvalue weighted by molar-refractivity contribution is -0.118. The number of hydrogen-bond donors (Lipinski definition) is 2. The van der Waals surface area contributed by atoms with Gasteiger partial charge in [0.1, 0.15) is 0 Å². The molecule has 0 spiro atoms. The number of carbonyl (C=O) groups excluding carboxylic acids is 1. The summed E-state index contributed by atoms with van der Waals surface area (Å²) in [6.07, 6.45) is 0.893. The second-order valence-electron chi connectivity index (χ2n) is 4.93. The highest BCUT2D eigenvalue weighted by Gasteiger charge is 2.19. The van der Waals surface area contributed by atoms with Crippen molar-refractivity contribution in [2.24, 2.45) is 11.7 Å². The van der Waals surface area contributed by atoms with Crippen LogP contribution in [0, 0.1) is 5.92 Å². The van der Waals surface area contributed by atoms with E-state index in [0.717, 1.165) is 22.9 Å². The molecule has 3 heteroatoms. The Morgan fingerprint density at radius 1 is 1.21 bits per heavy atom. The predicted octanol–water partition coefficient (Wildman–Crippen LogP) is 3.15. The standard InChI is InChI=1S/C16H20N2O/c1-3-11(2)15(17)16(19)18-14-10-6-8-12-7-4-5-9-13(12)14/h4-11,15H,3,17H2,1-2H3,(H,18,19). The molecule has 0 aliphatic heterocycles. The molecule has 0 saturated carbocycles. The summed E-state index contributed by atoms with van der Waals surface area (Å²) in [5.74, 6) is 0.0562. The fourth-order valence-corrected chi connectivity index (χ4v) is 2.06. The van der Waals surface area contributed by atoms with Crippen molar-refractivity contribution in [3.05, 3.63) is 42.5 Å². The summed E-state index contributed by atoms with van der Waals surface area (Å²) in [6.45, 7) is 4.03. The minimum atomic E-state index is -0.469. The number of fused-ring (bicyclic) bond motifs is 1. The molecule has 3 nitrogen and oxygen atoms in total. The highest BCUT2D eigenvalue weighted by Crippen LogP contribution is 2.23. The van der Waals surface area contributed by atoms with Gasteiger partial charge >= 0.3 is 0 Å². The molecular formula is C16H20N2O. The van der Waals surface area contributed by atoms with Crippen LogP contribution >= 0.6 is 0 Å². The predicted molar refractivity (Wildman–Crippen MR) is 80.0 cm³/mol. The average Bonchev–Trinajstić information content (AvgIpc) is 2.46. The Bertz CT molecular complexity index is 574. The van der Waals surface area contributed by atoms with E-state index in [0.29, 0.717) is 0 Å². The number of rotatable bonds is 4. The van der Waals surface area contributed by atoms with Crippen LogP contribution < -0.4 is 11.1 Å². The summed E-state index contributed by atoms with van der Waals surface area (Å²) in [6, 6.07) is 13.4. The molecule has 0 fully saturated rings. The first kappa shape index (κ1) is 13.6. The lowest BCUT2D eigenvalue weighted by Gasteiger charge is -2.18. The van der Waals surface area contributed by atoms with Crippen LogP contribution in [0.1, 0.15) is 20.3 Å². The minimum Gasteiger partial charge on any atom is -0.324 e. The maximum Gasteiger partial charge on any atom is 0.241 e. The summed E-state index contributed by atoms with van der Waals surface area (Å²) in [5, 5.41) is 5.08. The minimum absolute atomic E-state index is 0.120. The first-order valence-electron chi connectivity index (χ1n) is 6.67. The molecule has 2 unspecified atom stereocenters. The zero-order chi connectivity index (χ0) is 13.8. The lowest BCUT2D eigenvalue weighted by Crippen LogP contribution is -2.40. The van der Waals surface area contributed by atoms with Crippen molar-refractivity contribution in [3.8, 4) is 0 Å². The summed E-state index contributed by atoms with van der Waals surface area (Å²) in [7, 11) is 0. The van der Waals surface area contributed by atoms with E-state index in [2.05, 4.69) is 5.32 Å². The number of hydrogen-bond acceptors (Lipinski definition) is 2. The number of nitrogens with one attached hydrogen (secondary N) is 1. The molecule has 0 heterocycles. The third-order valence-electron chi connectivity index (χ3n) is 3.61. The van der Waals surface area contributed by atoms with Crippen molar-refractivity contribution < 1.29 is 4.79 Å². The fraction of sp³-hybridized carbons (Fsp3) is 0.312. The molecule has 3 N–H and O–H groups in total. The Kier molecular flexibility index (Phi) is 4.17. The zero-order valence-corrected chi connectivity index (χ0v) is 11.4. The molecule has 2 atom stereocenters. The molecule has 2 aromatic rings. The van der Waals surface area contributed by atoms with Gasteiger partial charge in [0.05, 0.1) is 6.04 Å².